The van der Waals surface area contributed by atoms with E-state index in [1.165, 1.54) is 16.2 Å². The third-order valence-corrected chi connectivity index (χ3v) is 11.8. The minimum absolute atomic E-state index is 0.00467. The number of carboxylic acid groups (broad SMARTS) is 1. The molecule has 0 radical (unpaired) electrons. The number of hydrogen-bond acceptors (Lipinski definition) is 7. The van der Waals surface area contributed by atoms with E-state index in [0.29, 0.717) is 11.6 Å². The number of ether oxygens (including phenoxy) is 1. The maximum Gasteiger partial charge on any atom is 0.305 e. The number of aromatic amines is 1. The van der Waals surface area contributed by atoms with Crippen molar-refractivity contribution in [1.29, 1.82) is 0 Å². The third kappa shape index (κ3) is 4.11. The smallest absolute Gasteiger partial charge is 0.305 e. The molecule has 206 valence electrons. The normalized spacial score (nSPS) is 29.8. The van der Waals surface area contributed by atoms with Gasteiger partial charge >= 0.3 is 10.8 Å². The summed E-state index contributed by atoms with van der Waals surface area (Å²) in [6, 6.07) is 15.4. The highest BCUT2D eigenvalue weighted by Gasteiger charge is 2.69. The van der Waals surface area contributed by atoms with Crippen LogP contribution in [0.4, 0.5) is 0 Å². The fraction of sp³-hybridized carbons (Fsp3) is 0.379. The van der Waals surface area contributed by atoms with Gasteiger partial charge in [0.25, 0.3) is 0 Å². The monoisotopic (exact) mass is 596 g/mol. The first-order valence-corrected chi connectivity index (χ1v) is 15.3. The number of H-pyrrole nitrogens is 1. The summed E-state index contributed by atoms with van der Waals surface area (Å²) in [5.41, 5.74) is 2.06. The number of halogens is 1. The van der Waals surface area contributed by atoms with E-state index in [4.69, 9.17) is 21.4 Å². The van der Waals surface area contributed by atoms with E-state index < -0.39 is 17.8 Å². The van der Waals surface area contributed by atoms with Gasteiger partial charge in [0.1, 0.15) is 12.4 Å². The molecule has 2 N–H and O–H groups in total. The Morgan fingerprint density at radius 2 is 1.73 bits per heavy atom. The largest absolute Gasteiger partial charge is 0.489 e. The molecule has 2 aromatic carbocycles. The lowest BCUT2D eigenvalue weighted by Crippen LogP contribution is -2.42. The highest BCUT2D eigenvalue weighted by molar-refractivity contribution is 8.00. The first kappa shape index (κ1) is 25.9. The number of aliphatic carboxylic acids is 1. The van der Waals surface area contributed by atoms with Crippen molar-refractivity contribution in [2.75, 3.05) is 6.54 Å². The van der Waals surface area contributed by atoms with Crippen LogP contribution in [0, 0.1) is 29.6 Å². The van der Waals surface area contributed by atoms with Crippen LogP contribution in [0.5, 0.6) is 5.75 Å². The summed E-state index contributed by atoms with van der Waals surface area (Å²) < 4.78 is 5.99. The number of nitrogens with zero attached hydrogens (tertiary/aromatic N) is 1. The molecule has 40 heavy (non-hydrogen) atoms. The van der Waals surface area contributed by atoms with Crippen molar-refractivity contribution in [2.24, 2.45) is 29.6 Å². The maximum atomic E-state index is 13.4. The predicted molar refractivity (Wildman–Crippen MR) is 150 cm³/mol. The number of aromatic nitrogens is 1. The minimum Gasteiger partial charge on any atom is -0.489 e. The molecule has 3 heterocycles. The number of nitrogens with one attached hydrogen (secondary N) is 1. The SMILES string of the molecule is O=C(O)CCN1C(=O)C2C3CC(C2C1=O)C1C3Sc2[nH]c(=O)sc2[C@@H]1c1ccc(OCc2ccc(Cl)cc2)cc1. The van der Waals surface area contributed by atoms with E-state index in [1.807, 2.05) is 48.5 Å². The van der Waals surface area contributed by atoms with E-state index >= 15 is 0 Å². The first-order chi connectivity index (χ1) is 19.3. The highest BCUT2D eigenvalue weighted by atomic mass is 35.5. The summed E-state index contributed by atoms with van der Waals surface area (Å²) in [7, 11) is 0. The van der Waals surface area contributed by atoms with Gasteiger partial charge in [-0.05, 0) is 59.6 Å². The zero-order chi connectivity index (χ0) is 27.7. The van der Waals surface area contributed by atoms with E-state index in [1.54, 1.807) is 11.8 Å². The number of rotatable bonds is 7. The summed E-state index contributed by atoms with van der Waals surface area (Å²) in [6.45, 7) is 0.329. The Hall–Kier alpha value is -3.08. The number of carbonyl (C=O) groups excluding carboxylic acids is 2. The second-order valence-electron chi connectivity index (χ2n) is 10.9. The van der Waals surface area contributed by atoms with Crippen LogP contribution in [0.25, 0.3) is 0 Å². The van der Waals surface area contributed by atoms with Crippen LogP contribution >= 0.6 is 34.7 Å². The molecular formula is C29H25ClN2O6S2. The fourth-order valence-corrected chi connectivity index (χ4v) is 10.4. The number of imide groups is 1. The Kier molecular flexibility index (Phi) is 6.32. The molecular weight excluding hydrogens is 572 g/mol. The van der Waals surface area contributed by atoms with Crippen LogP contribution in [0.3, 0.4) is 0 Å². The quantitative estimate of drug-likeness (QED) is 0.382. The minimum atomic E-state index is -1.03. The number of benzene rings is 2. The third-order valence-electron chi connectivity index (χ3n) is 8.92. The summed E-state index contributed by atoms with van der Waals surface area (Å²) in [5.74, 6) is -1.58. The molecule has 6 unspecified atom stereocenters. The number of thiazole rings is 1. The lowest BCUT2D eigenvalue weighted by Gasteiger charge is -2.43. The summed E-state index contributed by atoms with van der Waals surface area (Å²) in [5, 5.41) is 10.7. The van der Waals surface area contributed by atoms with Gasteiger partial charge in [-0.25, -0.2) is 0 Å². The van der Waals surface area contributed by atoms with Gasteiger partial charge in [-0.1, -0.05) is 47.2 Å². The van der Waals surface area contributed by atoms with Gasteiger partial charge in [-0.15, -0.1) is 11.8 Å². The molecule has 3 aromatic rings. The molecule has 2 bridgehead atoms. The molecule has 2 aliphatic heterocycles. The zero-order valence-corrected chi connectivity index (χ0v) is 23.5. The number of carboxylic acids is 1. The van der Waals surface area contributed by atoms with Crippen molar-refractivity contribution in [3.63, 3.8) is 0 Å². The van der Waals surface area contributed by atoms with Crippen molar-refractivity contribution in [3.05, 3.63) is 79.2 Å². The van der Waals surface area contributed by atoms with Gasteiger partial charge in [-0.3, -0.25) is 24.1 Å². The van der Waals surface area contributed by atoms with E-state index in [-0.39, 0.29) is 58.6 Å². The van der Waals surface area contributed by atoms with Crippen molar-refractivity contribution < 1.29 is 24.2 Å². The van der Waals surface area contributed by atoms with Crippen molar-refractivity contribution in [3.8, 4) is 5.75 Å². The lowest BCUT2D eigenvalue weighted by molar-refractivity contribution is -0.142. The van der Waals surface area contributed by atoms with Crippen LogP contribution in [-0.2, 0) is 21.0 Å². The van der Waals surface area contributed by atoms with Crippen molar-refractivity contribution >= 4 is 52.5 Å². The van der Waals surface area contributed by atoms with Gasteiger partial charge in [-0.2, -0.15) is 0 Å². The standard InChI is InChI=1S/C29H25ClN2O6S2/c30-15-5-1-13(2-6-15)12-38-16-7-3-14(4-8-16)20-21-17-11-18(24(21)39-26-25(20)40-29(37)31-26)23-22(17)27(35)32(28(23)36)10-9-19(33)34/h1-8,17-18,20-24H,9-12H2,(H,31,37)(H,33,34)/t17?,18?,20-,21?,22?,23?,24?/m1/s1. The number of carbonyl (C=O) groups is 3. The van der Waals surface area contributed by atoms with Crippen LogP contribution < -0.4 is 9.61 Å². The molecule has 0 spiro atoms. The van der Waals surface area contributed by atoms with E-state index in [2.05, 4.69) is 4.98 Å². The van der Waals surface area contributed by atoms with Crippen LogP contribution in [0.2, 0.25) is 5.02 Å². The molecule has 7 atom stereocenters. The van der Waals surface area contributed by atoms with Crippen molar-refractivity contribution in [1.82, 2.24) is 9.88 Å². The Balaban J connectivity index is 1.18. The Morgan fingerprint density at radius 3 is 2.42 bits per heavy atom. The first-order valence-electron chi connectivity index (χ1n) is 13.2. The lowest BCUT2D eigenvalue weighted by atomic mass is 9.68. The summed E-state index contributed by atoms with van der Waals surface area (Å²) >= 11 is 8.83. The number of likely N-dealkylation sites (tertiary alicyclic amines) is 1. The molecule has 3 fully saturated rings. The molecule has 2 amide bonds. The van der Waals surface area contributed by atoms with E-state index in [9.17, 15) is 19.2 Å². The van der Waals surface area contributed by atoms with Gasteiger partial charge in [0.2, 0.25) is 11.8 Å². The molecule has 1 aromatic heterocycles. The maximum absolute atomic E-state index is 13.4. The summed E-state index contributed by atoms with van der Waals surface area (Å²) in [4.78, 5) is 55.4. The molecule has 1 saturated heterocycles. The molecule has 7 rings (SSSR count). The van der Waals surface area contributed by atoms with Crippen LogP contribution in [-0.4, -0.2) is 44.6 Å². The second-order valence-corrected chi connectivity index (χ2v) is 13.6. The van der Waals surface area contributed by atoms with E-state index in [0.717, 1.165) is 33.2 Å². The molecule has 4 aliphatic rings. The molecule has 11 heteroatoms. The number of thioether (sulfide) groups is 1. The predicted octanol–water partition coefficient (Wildman–Crippen LogP) is 4.62. The Bertz CT molecular complexity index is 1570. The van der Waals surface area contributed by atoms with Gasteiger partial charge in [0.05, 0.1) is 23.3 Å². The van der Waals surface area contributed by atoms with Gasteiger partial charge in [0, 0.05) is 27.6 Å². The Labute approximate surface area is 242 Å². The average Bonchev–Trinajstić information content (AvgIpc) is 3.66. The van der Waals surface area contributed by atoms with Crippen LogP contribution in [0.15, 0.2) is 58.4 Å². The summed E-state index contributed by atoms with van der Waals surface area (Å²) in [6.07, 6.45) is 0.543. The number of hydrogen-bond donors (Lipinski definition) is 2. The van der Waals surface area contributed by atoms with Gasteiger partial charge in [0.15, 0.2) is 0 Å². The zero-order valence-electron chi connectivity index (χ0n) is 21.1. The second kappa shape index (κ2) is 9.78. The van der Waals surface area contributed by atoms with Crippen molar-refractivity contribution in [2.45, 2.75) is 35.6 Å². The topological polar surface area (TPSA) is 117 Å². The highest BCUT2D eigenvalue weighted by Crippen LogP contribution is 2.68. The van der Waals surface area contributed by atoms with Crippen LogP contribution in [0.1, 0.15) is 34.8 Å². The molecule has 8 nitrogen and oxygen atoms in total. The fourth-order valence-electron chi connectivity index (χ4n) is 7.40. The van der Waals surface area contributed by atoms with Gasteiger partial charge < -0.3 is 14.8 Å². The Morgan fingerprint density at radius 1 is 1.02 bits per heavy atom. The average molecular weight is 597 g/mol. The number of amides is 2. The number of fused-ring (bicyclic) bond motifs is 9. The molecule has 2 saturated carbocycles. The molecule has 2 aliphatic carbocycles.